The van der Waals surface area contributed by atoms with Gasteiger partial charge in [-0.1, -0.05) is 12.1 Å². The van der Waals surface area contributed by atoms with Crippen LogP contribution < -0.4 is 16.6 Å². The van der Waals surface area contributed by atoms with Crippen LogP contribution in [-0.4, -0.2) is 22.7 Å². The third-order valence-corrected chi connectivity index (χ3v) is 3.38. The summed E-state index contributed by atoms with van der Waals surface area (Å²) in [7, 11) is 0. The fraction of sp³-hybridized carbons (Fsp3) is 0. The number of rotatable bonds is 3. The number of primary amides is 1. The molecule has 0 bridgehead atoms. The number of carbonyl (C=O) groups is 3. The Bertz CT molecular complexity index is 731. The summed E-state index contributed by atoms with van der Waals surface area (Å²) in [5.74, 6) is -1.72. The van der Waals surface area contributed by atoms with E-state index in [2.05, 4.69) is 31.8 Å². The van der Waals surface area contributed by atoms with E-state index in [1.807, 2.05) is 0 Å². The second-order valence-electron chi connectivity index (χ2n) is 4.18. The van der Waals surface area contributed by atoms with E-state index in [9.17, 15) is 14.4 Å². The van der Waals surface area contributed by atoms with Crippen LogP contribution in [0.3, 0.4) is 0 Å². The molecule has 2 rings (SSSR count). The molecule has 3 amide bonds. The Morgan fingerprint density at radius 1 is 1.00 bits per heavy atom. The van der Waals surface area contributed by atoms with Gasteiger partial charge in [-0.05, 0) is 40.2 Å². The molecule has 4 N–H and O–H groups in total. The molecule has 0 unspecified atom stereocenters. The molecule has 0 aliphatic carbocycles. The summed E-state index contributed by atoms with van der Waals surface area (Å²) >= 11 is 3.24. The number of aromatic nitrogens is 1. The van der Waals surface area contributed by atoms with Crippen LogP contribution in [0.5, 0.6) is 0 Å². The third kappa shape index (κ3) is 3.67. The number of nitrogens with zero attached hydrogens (tertiary/aromatic N) is 1. The number of hydrogen-bond donors (Lipinski definition) is 3. The number of nitrogens with one attached hydrogen (secondary N) is 2. The highest BCUT2D eigenvalue weighted by molar-refractivity contribution is 9.10. The number of halogens is 1. The van der Waals surface area contributed by atoms with E-state index in [1.54, 1.807) is 24.3 Å². The van der Waals surface area contributed by atoms with Crippen molar-refractivity contribution in [2.45, 2.75) is 0 Å². The van der Waals surface area contributed by atoms with Gasteiger partial charge in [0.2, 0.25) is 0 Å². The lowest BCUT2D eigenvalue weighted by Gasteiger charge is -2.08. The Morgan fingerprint density at radius 3 is 2.27 bits per heavy atom. The van der Waals surface area contributed by atoms with Gasteiger partial charge in [-0.2, -0.15) is 0 Å². The molecule has 112 valence electrons. The second kappa shape index (κ2) is 6.81. The van der Waals surface area contributed by atoms with Crippen molar-refractivity contribution in [2.75, 3.05) is 0 Å². The van der Waals surface area contributed by atoms with Crippen LogP contribution >= 0.6 is 15.9 Å². The van der Waals surface area contributed by atoms with Crippen molar-refractivity contribution >= 4 is 33.7 Å². The molecular formula is C14H11BrN4O3. The Morgan fingerprint density at radius 2 is 1.68 bits per heavy atom. The van der Waals surface area contributed by atoms with E-state index in [0.717, 1.165) is 0 Å². The van der Waals surface area contributed by atoms with Gasteiger partial charge in [-0.3, -0.25) is 30.2 Å². The minimum Gasteiger partial charge on any atom is -0.364 e. The zero-order valence-corrected chi connectivity index (χ0v) is 12.8. The molecule has 1 aromatic heterocycles. The molecule has 8 heteroatoms. The Labute approximate surface area is 134 Å². The van der Waals surface area contributed by atoms with E-state index < -0.39 is 17.7 Å². The standard InChI is InChI=1S/C14H11BrN4O3/c15-10-4-2-1-3-9(10)14(22)19-18-13(21)8-5-6-11(12(16)20)17-7-8/h1-7H,(H2,16,20)(H,18,21)(H,19,22). The van der Waals surface area contributed by atoms with Gasteiger partial charge in [0.1, 0.15) is 5.69 Å². The van der Waals surface area contributed by atoms with Crippen molar-refractivity contribution in [1.29, 1.82) is 0 Å². The Hall–Kier alpha value is -2.74. The van der Waals surface area contributed by atoms with Crippen molar-refractivity contribution in [3.8, 4) is 0 Å². The molecule has 1 heterocycles. The van der Waals surface area contributed by atoms with Crippen LogP contribution in [-0.2, 0) is 0 Å². The monoisotopic (exact) mass is 362 g/mol. The summed E-state index contributed by atoms with van der Waals surface area (Å²) in [6, 6.07) is 9.50. The molecule has 2 aromatic rings. The molecule has 0 spiro atoms. The lowest BCUT2D eigenvalue weighted by molar-refractivity contribution is 0.0846. The predicted octanol–water partition coefficient (Wildman–Crippen LogP) is 1.02. The highest BCUT2D eigenvalue weighted by Gasteiger charge is 2.12. The van der Waals surface area contributed by atoms with Crippen molar-refractivity contribution in [1.82, 2.24) is 15.8 Å². The van der Waals surface area contributed by atoms with E-state index >= 15 is 0 Å². The lowest BCUT2D eigenvalue weighted by atomic mass is 10.2. The largest absolute Gasteiger partial charge is 0.364 e. The van der Waals surface area contributed by atoms with Crippen molar-refractivity contribution in [2.24, 2.45) is 5.73 Å². The maximum atomic E-state index is 11.9. The third-order valence-electron chi connectivity index (χ3n) is 2.69. The molecule has 0 saturated heterocycles. The van der Waals surface area contributed by atoms with Gasteiger partial charge >= 0.3 is 0 Å². The van der Waals surface area contributed by atoms with Crippen LogP contribution in [0.2, 0.25) is 0 Å². The normalized spacial score (nSPS) is 9.86. The first-order valence-corrected chi connectivity index (χ1v) is 6.89. The molecular weight excluding hydrogens is 352 g/mol. The Balaban J connectivity index is 1.99. The number of nitrogens with two attached hydrogens (primary N) is 1. The molecule has 0 radical (unpaired) electrons. The average Bonchev–Trinajstić information content (AvgIpc) is 2.52. The summed E-state index contributed by atoms with van der Waals surface area (Å²) in [5.41, 5.74) is 10.2. The van der Waals surface area contributed by atoms with E-state index in [1.165, 1.54) is 18.3 Å². The zero-order chi connectivity index (χ0) is 16.1. The van der Waals surface area contributed by atoms with Gasteiger partial charge in [0, 0.05) is 10.7 Å². The van der Waals surface area contributed by atoms with Crippen molar-refractivity contribution in [3.05, 3.63) is 63.9 Å². The molecule has 0 fully saturated rings. The summed E-state index contributed by atoms with van der Waals surface area (Å²) < 4.78 is 0.606. The first-order valence-electron chi connectivity index (χ1n) is 6.10. The molecule has 0 aliphatic heterocycles. The van der Waals surface area contributed by atoms with E-state index in [4.69, 9.17) is 5.73 Å². The number of hydrazine groups is 1. The number of hydrogen-bond acceptors (Lipinski definition) is 4. The van der Waals surface area contributed by atoms with Crippen molar-refractivity contribution < 1.29 is 14.4 Å². The first-order chi connectivity index (χ1) is 10.5. The predicted molar refractivity (Wildman–Crippen MR) is 81.8 cm³/mol. The van der Waals surface area contributed by atoms with Gasteiger partial charge in [-0.15, -0.1) is 0 Å². The number of pyridine rings is 1. The fourth-order valence-electron chi connectivity index (χ4n) is 1.57. The minimum absolute atomic E-state index is 0.0498. The SMILES string of the molecule is NC(=O)c1ccc(C(=O)NNC(=O)c2ccccc2Br)cn1. The van der Waals surface area contributed by atoms with Crippen molar-refractivity contribution in [3.63, 3.8) is 0 Å². The van der Waals surface area contributed by atoms with E-state index in [-0.39, 0.29) is 11.3 Å². The number of carbonyl (C=O) groups excluding carboxylic acids is 3. The smallest absolute Gasteiger partial charge is 0.271 e. The molecule has 7 nitrogen and oxygen atoms in total. The molecule has 1 aromatic carbocycles. The minimum atomic E-state index is -0.686. The summed E-state index contributed by atoms with van der Waals surface area (Å²) in [4.78, 5) is 38.4. The molecule has 22 heavy (non-hydrogen) atoms. The van der Waals surface area contributed by atoms with Gasteiger partial charge in [-0.25, -0.2) is 0 Å². The summed E-state index contributed by atoms with van der Waals surface area (Å²) in [6.07, 6.45) is 1.19. The van der Waals surface area contributed by atoms with Gasteiger partial charge in [0.05, 0.1) is 11.1 Å². The fourth-order valence-corrected chi connectivity index (χ4v) is 2.04. The number of benzene rings is 1. The van der Waals surface area contributed by atoms with Crippen LogP contribution in [0.25, 0.3) is 0 Å². The maximum Gasteiger partial charge on any atom is 0.271 e. The van der Waals surface area contributed by atoms with Crippen LogP contribution in [0, 0.1) is 0 Å². The topological polar surface area (TPSA) is 114 Å². The average molecular weight is 363 g/mol. The van der Waals surface area contributed by atoms with Gasteiger partial charge in [0.25, 0.3) is 17.7 Å². The second-order valence-corrected chi connectivity index (χ2v) is 5.04. The summed E-state index contributed by atoms with van der Waals surface area (Å²) in [6.45, 7) is 0. The Kier molecular flexibility index (Phi) is 4.84. The molecule has 0 atom stereocenters. The van der Waals surface area contributed by atoms with Crippen LogP contribution in [0.4, 0.5) is 0 Å². The molecule has 0 saturated carbocycles. The van der Waals surface area contributed by atoms with Crippen LogP contribution in [0.15, 0.2) is 47.1 Å². The number of amides is 3. The summed E-state index contributed by atoms with van der Waals surface area (Å²) in [5, 5.41) is 0. The van der Waals surface area contributed by atoms with E-state index in [0.29, 0.717) is 10.0 Å². The highest BCUT2D eigenvalue weighted by atomic mass is 79.9. The molecule has 0 aliphatic rings. The lowest BCUT2D eigenvalue weighted by Crippen LogP contribution is -2.41. The first kappa shape index (κ1) is 15.6. The quantitative estimate of drug-likeness (QED) is 0.707. The highest BCUT2D eigenvalue weighted by Crippen LogP contribution is 2.15. The zero-order valence-electron chi connectivity index (χ0n) is 11.2. The maximum absolute atomic E-state index is 11.9. The van der Waals surface area contributed by atoms with Crippen LogP contribution in [0.1, 0.15) is 31.2 Å². The van der Waals surface area contributed by atoms with Gasteiger partial charge < -0.3 is 5.73 Å². The van der Waals surface area contributed by atoms with Gasteiger partial charge in [0.15, 0.2) is 0 Å².